The van der Waals surface area contributed by atoms with Crippen molar-refractivity contribution in [2.24, 2.45) is 0 Å². The van der Waals surface area contributed by atoms with E-state index in [0.717, 1.165) is 44.2 Å². The van der Waals surface area contributed by atoms with Crippen molar-refractivity contribution in [1.29, 1.82) is 0 Å². The van der Waals surface area contributed by atoms with E-state index in [4.69, 9.17) is 0 Å². The first kappa shape index (κ1) is 40.6. The van der Waals surface area contributed by atoms with Gasteiger partial charge in [0, 0.05) is 34.1 Å². The summed E-state index contributed by atoms with van der Waals surface area (Å²) in [5.41, 5.74) is 20.5. The predicted octanol–water partition coefficient (Wildman–Crippen LogP) is 18.6. The summed E-state index contributed by atoms with van der Waals surface area (Å²) < 4.78 is 0. The van der Waals surface area contributed by atoms with E-state index in [-0.39, 0.29) is 0 Å². The van der Waals surface area contributed by atoms with E-state index >= 15 is 0 Å². The zero-order valence-corrected chi connectivity index (χ0v) is 39.1. The molecule has 0 radical (unpaired) electrons. The molecule has 2 heterocycles. The van der Waals surface area contributed by atoms with Gasteiger partial charge in [0.05, 0.1) is 0 Å². The highest BCUT2D eigenvalue weighted by atomic mass is 15.2. The zero-order valence-electron chi connectivity index (χ0n) is 39.1. The van der Waals surface area contributed by atoms with Crippen molar-refractivity contribution in [2.45, 2.75) is 38.5 Å². The first-order valence-electron chi connectivity index (χ1n) is 25.0. The molecule has 0 fully saturated rings. The van der Waals surface area contributed by atoms with Crippen molar-refractivity contribution in [3.8, 4) is 33.4 Å². The van der Waals surface area contributed by atoms with E-state index in [9.17, 15) is 0 Å². The van der Waals surface area contributed by atoms with Gasteiger partial charge in [-0.1, -0.05) is 164 Å². The minimum atomic E-state index is 1.00. The standard InChI is InChI=1S/C68H50N2/c1-2-14-45(15-3-1)52-31-32-54-42-56(35-33-53(54)40-52)68-60-39-37-57(69-63-22-10-6-17-47(63)27-28-48-18-7-11-23-64(48)69)43-61(60)67(55-34-26-46-16-4-5-21-51(46)41-55)59-38-36-58(44-62(59)68)70-65-24-12-8-19-49(65)29-30-50-20-9-13-25-66(50)70/h1-6,8-17,19-26,31-44H,7,18,27-30H2. The Morgan fingerprint density at radius 2 is 0.771 bits per heavy atom. The maximum Gasteiger partial charge on any atom is 0.0493 e. The van der Waals surface area contributed by atoms with Gasteiger partial charge in [-0.25, -0.2) is 0 Å². The summed E-state index contributed by atoms with van der Waals surface area (Å²) in [6.07, 6.45) is 11.1. The summed E-state index contributed by atoms with van der Waals surface area (Å²) >= 11 is 0. The van der Waals surface area contributed by atoms with E-state index in [1.54, 1.807) is 5.57 Å². The molecule has 0 atom stereocenters. The molecule has 11 aromatic carbocycles. The van der Waals surface area contributed by atoms with Crippen LogP contribution >= 0.6 is 0 Å². The summed E-state index contributed by atoms with van der Waals surface area (Å²) in [4.78, 5) is 5.09. The number of rotatable bonds is 5. The highest BCUT2D eigenvalue weighted by Crippen LogP contribution is 2.51. The molecule has 2 nitrogen and oxygen atoms in total. The number of fused-ring (bicyclic) bond motifs is 7. The van der Waals surface area contributed by atoms with Crippen molar-refractivity contribution < 1.29 is 0 Å². The van der Waals surface area contributed by atoms with Gasteiger partial charge in [-0.05, 0) is 204 Å². The van der Waals surface area contributed by atoms with Gasteiger partial charge >= 0.3 is 0 Å². The molecule has 2 heteroatoms. The second-order valence-electron chi connectivity index (χ2n) is 19.4. The quantitative estimate of drug-likeness (QED) is 0.159. The molecular formula is C68H50N2. The van der Waals surface area contributed by atoms with E-state index in [0.29, 0.717) is 0 Å². The smallest absolute Gasteiger partial charge is 0.0493 e. The van der Waals surface area contributed by atoms with Crippen molar-refractivity contribution >= 4 is 71.5 Å². The number of hydrogen-bond donors (Lipinski definition) is 0. The molecule has 0 unspecified atom stereocenters. The number of para-hydroxylation sites is 3. The van der Waals surface area contributed by atoms with E-state index in [2.05, 4.69) is 240 Å². The largest absolute Gasteiger partial charge is 0.310 e. The van der Waals surface area contributed by atoms with Crippen LogP contribution in [0.25, 0.3) is 76.5 Å². The Hall–Kier alpha value is -8.46. The molecule has 0 aromatic heterocycles. The number of nitrogens with zero attached hydrogens (tertiary/aromatic N) is 2. The van der Waals surface area contributed by atoms with Crippen LogP contribution in [0.2, 0.25) is 0 Å². The number of aryl methyl sites for hydroxylation is 3. The molecule has 11 aromatic rings. The Morgan fingerprint density at radius 1 is 0.300 bits per heavy atom. The lowest BCUT2D eigenvalue weighted by molar-refractivity contribution is 0.833. The number of allylic oxidation sites excluding steroid dienone is 3. The fraction of sp³-hybridized carbons (Fsp3) is 0.0882. The van der Waals surface area contributed by atoms with Gasteiger partial charge in [-0.3, -0.25) is 0 Å². The molecule has 2 aliphatic heterocycles. The average molecular weight is 895 g/mol. The molecule has 0 bridgehead atoms. The van der Waals surface area contributed by atoms with Gasteiger partial charge in [0.1, 0.15) is 0 Å². The Balaban J connectivity index is 1.08. The van der Waals surface area contributed by atoms with Gasteiger partial charge < -0.3 is 9.80 Å². The molecule has 332 valence electrons. The first-order valence-corrected chi connectivity index (χ1v) is 25.0. The summed E-state index contributed by atoms with van der Waals surface area (Å²) in [6.45, 7) is 0. The van der Waals surface area contributed by atoms with E-state index in [1.807, 2.05) is 0 Å². The molecule has 1 aliphatic carbocycles. The molecular weight excluding hydrogens is 845 g/mol. The summed E-state index contributed by atoms with van der Waals surface area (Å²) in [5.74, 6) is 0. The lowest BCUT2D eigenvalue weighted by Gasteiger charge is -2.30. The van der Waals surface area contributed by atoms with Gasteiger partial charge in [-0.15, -0.1) is 0 Å². The van der Waals surface area contributed by atoms with Crippen LogP contribution < -0.4 is 9.80 Å². The summed E-state index contributed by atoms with van der Waals surface area (Å²) in [6, 6.07) is 82.4. The Bertz CT molecular complexity index is 3920. The molecule has 70 heavy (non-hydrogen) atoms. The third-order valence-electron chi connectivity index (χ3n) is 15.4. The lowest BCUT2D eigenvalue weighted by atomic mass is 9.84. The molecule has 0 saturated heterocycles. The van der Waals surface area contributed by atoms with Crippen LogP contribution in [0, 0.1) is 0 Å². The van der Waals surface area contributed by atoms with Crippen LogP contribution in [0.4, 0.5) is 28.4 Å². The van der Waals surface area contributed by atoms with Gasteiger partial charge in [-0.2, -0.15) is 0 Å². The van der Waals surface area contributed by atoms with Crippen LogP contribution in [-0.4, -0.2) is 0 Å². The Labute approximate surface area is 409 Å². The molecule has 0 amide bonds. The highest BCUT2D eigenvalue weighted by molar-refractivity contribution is 6.23. The molecule has 0 spiro atoms. The minimum absolute atomic E-state index is 1.00. The van der Waals surface area contributed by atoms with Gasteiger partial charge in [0.25, 0.3) is 0 Å². The summed E-state index contributed by atoms with van der Waals surface area (Å²) in [7, 11) is 0. The number of anilines is 5. The fourth-order valence-corrected chi connectivity index (χ4v) is 12.0. The Kier molecular flexibility index (Phi) is 9.65. The third kappa shape index (κ3) is 6.78. The van der Waals surface area contributed by atoms with Crippen LogP contribution in [0.1, 0.15) is 36.0 Å². The molecule has 0 N–H and O–H groups in total. The Morgan fingerprint density at radius 3 is 1.40 bits per heavy atom. The minimum Gasteiger partial charge on any atom is -0.310 e. The lowest BCUT2D eigenvalue weighted by Crippen LogP contribution is -2.18. The third-order valence-corrected chi connectivity index (χ3v) is 15.4. The maximum atomic E-state index is 2.57. The topological polar surface area (TPSA) is 6.48 Å². The van der Waals surface area contributed by atoms with E-state index < -0.39 is 0 Å². The summed E-state index contributed by atoms with van der Waals surface area (Å²) in [5, 5.41) is 9.91. The predicted molar refractivity (Wildman–Crippen MR) is 297 cm³/mol. The normalized spacial score (nSPS) is 14.3. The van der Waals surface area contributed by atoms with Crippen LogP contribution in [0.15, 0.2) is 242 Å². The monoisotopic (exact) mass is 894 g/mol. The SMILES string of the molecule is C1=CC2=C(CC1)CCc1ccccc1N2c1ccc2c(-c3ccc4cc(-c5ccccc5)ccc4c3)c3cc(N4c5ccccc5CCc5ccccc54)ccc3c(-c3ccc4ccccc4c3)c2c1. The van der Waals surface area contributed by atoms with Crippen molar-refractivity contribution in [3.05, 3.63) is 259 Å². The number of hydrogen-bond acceptors (Lipinski definition) is 2. The number of benzene rings is 11. The second kappa shape index (κ2) is 16.6. The zero-order chi connectivity index (χ0) is 46.1. The van der Waals surface area contributed by atoms with Crippen LogP contribution in [0.5, 0.6) is 0 Å². The molecule has 14 rings (SSSR count). The maximum absolute atomic E-state index is 2.57. The van der Waals surface area contributed by atoms with E-state index in [1.165, 1.54) is 122 Å². The van der Waals surface area contributed by atoms with Crippen LogP contribution in [-0.2, 0) is 19.3 Å². The van der Waals surface area contributed by atoms with Crippen LogP contribution in [0.3, 0.4) is 0 Å². The van der Waals surface area contributed by atoms with Crippen molar-refractivity contribution in [2.75, 3.05) is 9.80 Å². The second-order valence-corrected chi connectivity index (χ2v) is 19.4. The molecule has 0 saturated carbocycles. The average Bonchev–Trinajstić information content (AvgIpc) is 3.70. The highest BCUT2D eigenvalue weighted by Gasteiger charge is 2.28. The van der Waals surface area contributed by atoms with Crippen molar-refractivity contribution in [1.82, 2.24) is 0 Å². The van der Waals surface area contributed by atoms with Crippen molar-refractivity contribution in [3.63, 3.8) is 0 Å². The molecule has 3 aliphatic rings. The first-order chi connectivity index (χ1) is 34.7. The fourth-order valence-electron chi connectivity index (χ4n) is 12.0. The van der Waals surface area contributed by atoms with Gasteiger partial charge in [0.15, 0.2) is 0 Å². The van der Waals surface area contributed by atoms with Gasteiger partial charge in [0.2, 0.25) is 0 Å².